The molecule has 102 valence electrons. The molecule has 2 nitrogen and oxygen atoms in total. The average molecular weight is 258 g/mol. The van der Waals surface area contributed by atoms with Gasteiger partial charge in [-0.25, -0.2) is 0 Å². The molecule has 17 heavy (non-hydrogen) atoms. The van der Waals surface area contributed by atoms with Gasteiger partial charge in [0.05, 0.1) is 0 Å². The number of likely N-dealkylation sites (N-methyl/N-ethyl adjacent to an activating group) is 1. The van der Waals surface area contributed by atoms with E-state index >= 15 is 0 Å². The van der Waals surface area contributed by atoms with Crippen LogP contribution in [0.25, 0.3) is 0 Å². The third-order valence-corrected chi connectivity index (χ3v) is 5.09. The van der Waals surface area contributed by atoms with E-state index in [0.29, 0.717) is 10.8 Å². The summed E-state index contributed by atoms with van der Waals surface area (Å²) in [6.45, 7) is 16.4. The Labute approximate surface area is 112 Å². The van der Waals surface area contributed by atoms with Gasteiger partial charge in [-0.1, -0.05) is 34.6 Å². The molecule has 0 amide bonds. The van der Waals surface area contributed by atoms with E-state index in [9.17, 15) is 0 Å². The molecule has 0 radical (unpaired) electrons. The van der Waals surface area contributed by atoms with Gasteiger partial charge in [0, 0.05) is 29.6 Å². The van der Waals surface area contributed by atoms with Crippen LogP contribution in [0.1, 0.15) is 41.0 Å². The lowest BCUT2D eigenvalue weighted by atomic mass is 10.0. The van der Waals surface area contributed by atoms with Gasteiger partial charge in [0.25, 0.3) is 0 Å². The van der Waals surface area contributed by atoms with Gasteiger partial charge in [-0.2, -0.15) is 11.8 Å². The normalized spacial score (nSPS) is 23.6. The standard InChI is InChI=1S/C14H30N2S/c1-6-15-11-13(12(2)3)16-8-7-14(4,5)17-10-9-16/h12-13,15H,6-11H2,1-5H3. The molecule has 0 aliphatic carbocycles. The van der Waals surface area contributed by atoms with E-state index < -0.39 is 0 Å². The van der Waals surface area contributed by atoms with Gasteiger partial charge in [-0.05, 0) is 25.4 Å². The monoisotopic (exact) mass is 258 g/mol. The third-order valence-electron chi connectivity index (χ3n) is 3.71. The van der Waals surface area contributed by atoms with Gasteiger partial charge in [-0.15, -0.1) is 0 Å². The highest BCUT2D eigenvalue weighted by molar-refractivity contribution is 8.00. The van der Waals surface area contributed by atoms with E-state index in [-0.39, 0.29) is 0 Å². The van der Waals surface area contributed by atoms with Crippen LogP contribution in [0.15, 0.2) is 0 Å². The lowest BCUT2D eigenvalue weighted by molar-refractivity contribution is 0.159. The molecule has 3 heteroatoms. The minimum Gasteiger partial charge on any atom is -0.315 e. The van der Waals surface area contributed by atoms with E-state index in [1.165, 1.54) is 25.3 Å². The van der Waals surface area contributed by atoms with E-state index in [1.807, 2.05) is 0 Å². The summed E-state index contributed by atoms with van der Waals surface area (Å²) in [7, 11) is 0. The Bertz CT molecular complexity index is 216. The molecule has 1 heterocycles. The van der Waals surface area contributed by atoms with Gasteiger partial charge in [-0.3, -0.25) is 4.90 Å². The molecule has 0 aromatic heterocycles. The van der Waals surface area contributed by atoms with Crippen molar-refractivity contribution in [2.24, 2.45) is 5.92 Å². The van der Waals surface area contributed by atoms with Crippen LogP contribution < -0.4 is 5.32 Å². The molecule has 0 aromatic rings. The van der Waals surface area contributed by atoms with Crippen LogP contribution in [0.4, 0.5) is 0 Å². The number of hydrogen-bond donors (Lipinski definition) is 1. The number of thioether (sulfide) groups is 1. The molecule has 1 saturated heterocycles. The van der Waals surface area contributed by atoms with Crippen LogP contribution >= 0.6 is 11.8 Å². The first-order valence-electron chi connectivity index (χ1n) is 7.05. The Morgan fingerprint density at radius 2 is 2.00 bits per heavy atom. The third kappa shape index (κ3) is 5.19. The second kappa shape index (κ2) is 7.01. The topological polar surface area (TPSA) is 15.3 Å². The highest BCUT2D eigenvalue weighted by Gasteiger charge is 2.28. The Balaban J connectivity index is 2.55. The van der Waals surface area contributed by atoms with Crippen LogP contribution in [0.5, 0.6) is 0 Å². The molecule has 0 bridgehead atoms. The predicted octanol–water partition coefficient (Wildman–Crippen LogP) is 2.84. The maximum absolute atomic E-state index is 3.52. The molecule has 1 fully saturated rings. The lowest BCUT2D eigenvalue weighted by Gasteiger charge is -2.34. The summed E-state index contributed by atoms with van der Waals surface area (Å²) in [5.74, 6) is 2.02. The van der Waals surface area contributed by atoms with Gasteiger partial charge in [0.1, 0.15) is 0 Å². The summed E-state index contributed by atoms with van der Waals surface area (Å²) in [5.41, 5.74) is 0. The minimum atomic E-state index is 0.467. The van der Waals surface area contributed by atoms with Crippen molar-refractivity contribution in [1.29, 1.82) is 0 Å². The molecule has 1 atom stereocenters. The number of hydrogen-bond acceptors (Lipinski definition) is 3. The molecule has 0 spiro atoms. The number of nitrogens with one attached hydrogen (secondary N) is 1. The fraction of sp³-hybridized carbons (Fsp3) is 1.00. The molecule has 1 N–H and O–H groups in total. The molecule has 0 saturated carbocycles. The SMILES string of the molecule is CCNCC(C(C)C)N1CCSC(C)(C)CC1. The minimum absolute atomic E-state index is 0.467. The highest BCUT2D eigenvalue weighted by Crippen LogP contribution is 2.31. The molecule has 1 aliphatic rings. The van der Waals surface area contributed by atoms with Crippen molar-refractivity contribution in [3.05, 3.63) is 0 Å². The van der Waals surface area contributed by atoms with Crippen LogP contribution in [0.2, 0.25) is 0 Å². The molecule has 1 rings (SSSR count). The average Bonchev–Trinajstić information content (AvgIpc) is 2.40. The fourth-order valence-electron chi connectivity index (χ4n) is 2.45. The maximum Gasteiger partial charge on any atom is 0.0243 e. The van der Waals surface area contributed by atoms with Crippen LogP contribution in [-0.4, -0.2) is 47.6 Å². The van der Waals surface area contributed by atoms with Crippen molar-refractivity contribution in [3.63, 3.8) is 0 Å². The Hall–Kier alpha value is 0.270. The highest BCUT2D eigenvalue weighted by atomic mass is 32.2. The molecule has 1 aliphatic heterocycles. The fourth-order valence-corrected chi connectivity index (χ4v) is 3.56. The first-order chi connectivity index (χ1) is 7.96. The molecule has 1 unspecified atom stereocenters. The van der Waals surface area contributed by atoms with E-state index in [4.69, 9.17) is 0 Å². The molecular formula is C14H30N2S. The Morgan fingerprint density at radius 3 is 2.59 bits per heavy atom. The first-order valence-corrected chi connectivity index (χ1v) is 8.03. The van der Waals surface area contributed by atoms with Crippen molar-refractivity contribution in [1.82, 2.24) is 10.2 Å². The van der Waals surface area contributed by atoms with Gasteiger partial charge < -0.3 is 5.32 Å². The summed E-state index contributed by atoms with van der Waals surface area (Å²) < 4.78 is 0.467. The van der Waals surface area contributed by atoms with Gasteiger partial charge in [0.15, 0.2) is 0 Å². The van der Waals surface area contributed by atoms with Crippen molar-refractivity contribution < 1.29 is 0 Å². The first kappa shape index (κ1) is 15.3. The zero-order valence-electron chi connectivity index (χ0n) is 12.3. The Kier molecular flexibility index (Phi) is 6.32. The van der Waals surface area contributed by atoms with Crippen LogP contribution in [-0.2, 0) is 0 Å². The lowest BCUT2D eigenvalue weighted by Crippen LogP contribution is -2.46. The van der Waals surface area contributed by atoms with E-state index in [2.05, 4.69) is 56.6 Å². The van der Waals surface area contributed by atoms with Crippen molar-refractivity contribution >= 4 is 11.8 Å². The van der Waals surface area contributed by atoms with Crippen LogP contribution in [0.3, 0.4) is 0 Å². The second-order valence-electron chi connectivity index (χ2n) is 6.01. The summed E-state index contributed by atoms with van der Waals surface area (Å²) in [4.78, 5) is 2.70. The molecular weight excluding hydrogens is 228 g/mol. The summed E-state index contributed by atoms with van der Waals surface area (Å²) >= 11 is 2.14. The summed E-state index contributed by atoms with van der Waals surface area (Å²) in [6.07, 6.45) is 1.31. The molecule has 0 aromatic carbocycles. The largest absolute Gasteiger partial charge is 0.315 e. The number of rotatable bonds is 5. The Morgan fingerprint density at radius 1 is 1.29 bits per heavy atom. The summed E-state index contributed by atoms with van der Waals surface area (Å²) in [6, 6.07) is 0.699. The zero-order valence-corrected chi connectivity index (χ0v) is 13.1. The van der Waals surface area contributed by atoms with Crippen molar-refractivity contribution in [2.75, 3.05) is 31.9 Å². The second-order valence-corrected chi connectivity index (χ2v) is 7.82. The van der Waals surface area contributed by atoms with Crippen molar-refractivity contribution in [2.45, 2.75) is 51.8 Å². The van der Waals surface area contributed by atoms with Gasteiger partial charge in [0.2, 0.25) is 0 Å². The van der Waals surface area contributed by atoms with Crippen LogP contribution in [0, 0.1) is 5.92 Å². The van der Waals surface area contributed by atoms with Gasteiger partial charge >= 0.3 is 0 Å². The smallest absolute Gasteiger partial charge is 0.0243 e. The quantitative estimate of drug-likeness (QED) is 0.816. The predicted molar refractivity (Wildman–Crippen MR) is 79.9 cm³/mol. The van der Waals surface area contributed by atoms with Crippen molar-refractivity contribution in [3.8, 4) is 0 Å². The van der Waals surface area contributed by atoms with E-state index in [1.54, 1.807) is 0 Å². The summed E-state index contributed by atoms with van der Waals surface area (Å²) in [5, 5.41) is 3.52. The zero-order chi connectivity index (χ0) is 12.9. The number of nitrogens with zero attached hydrogens (tertiary/aromatic N) is 1. The van der Waals surface area contributed by atoms with E-state index in [0.717, 1.165) is 19.0 Å². The maximum atomic E-state index is 3.52.